The van der Waals surface area contributed by atoms with Crippen molar-refractivity contribution in [3.05, 3.63) is 35.4 Å². The molecule has 1 fully saturated rings. The first-order valence-electron chi connectivity index (χ1n) is 8.58. The molecule has 1 aromatic rings. The van der Waals surface area contributed by atoms with Gasteiger partial charge in [0.25, 0.3) is 0 Å². The molecule has 0 spiro atoms. The maximum Gasteiger partial charge on any atom is 0.338 e. The van der Waals surface area contributed by atoms with E-state index in [2.05, 4.69) is 46.8 Å². The Morgan fingerprint density at radius 2 is 1.64 bits per heavy atom. The monoisotopic (exact) mass is 302 g/mol. The van der Waals surface area contributed by atoms with Gasteiger partial charge in [-0.15, -0.1) is 0 Å². The molecule has 1 aromatic carbocycles. The van der Waals surface area contributed by atoms with Crippen molar-refractivity contribution >= 4 is 5.97 Å². The van der Waals surface area contributed by atoms with Crippen molar-refractivity contribution < 1.29 is 9.53 Å². The number of carbonyl (C=O) groups is 1. The van der Waals surface area contributed by atoms with Crippen molar-refractivity contribution in [3.8, 4) is 0 Å². The molecule has 1 atom stereocenters. The molecule has 1 unspecified atom stereocenters. The summed E-state index contributed by atoms with van der Waals surface area (Å²) in [5.41, 5.74) is 2.02. The lowest BCUT2D eigenvalue weighted by molar-refractivity contribution is -0.0436. The Hall–Kier alpha value is -1.31. The van der Waals surface area contributed by atoms with E-state index in [1.54, 1.807) is 0 Å². The van der Waals surface area contributed by atoms with Gasteiger partial charge in [-0.3, -0.25) is 0 Å². The first kappa shape index (κ1) is 17.1. The van der Waals surface area contributed by atoms with Crippen LogP contribution in [0.25, 0.3) is 0 Å². The van der Waals surface area contributed by atoms with Gasteiger partial charge in [0.1, 0.15) is 5.60 Å². The summed E-state index contributed by atoms with van der Waals surface area (Å²) < 4.78 is 5.85. The molecule has 0 aliphatic heterocycles. The van der Waals surface area contributed by atoms with Crippen LogP contribution in [0.5, 0.6) is 0 Å². The molecule has 0 bridgehead atoms. The fourth-order valence-electron chi connectivity index (χ4n) is 3.02. The number of esters is 1. The minimum Gasteiger partial charge on any atom is -0.456 e. The molecule has 0 amide bonds. The van der Waals surface area contributed by atoms with Gasteiger partial charge in [-0.2, -0.15) is 0 Å². The van der Waals surface area contributed by atoms with Gasteiger partial charge in [-0.1, -0.05) is 39.8 Å². The molecular weight excluding hydrogens is 272 g/mol. The van der Waals surface area contributed by atoms with E-state index < -0.39 is 0 Å². The zero-order valence-corrected chi connectivity index (χ0v) is 14.7. The van der Waals surface area contributed by atoms with Crippen molar-refractivity contribution in [3.63, 3.8) is 0 Å². The molecule has 2 rings (SSSR count). The quantitative estimate of drug-likeness (QED) is 0.665. The third kappa shape index (κ3) is 4.12. The van der Waals surface area contributed by atoms with Crippen LogP contribution in [-0.4, -0.2) is 11.6 Å². The van der Waals surface area contributed by atoms with Crippen LogP contribution in [0.15, 0.2) is 24.3 Å². The van der Waals surface area contributed by atoms with Gasteiger partial charge >= 0.3 is 5.97 Å². The van der Waals surface area contributed by atoms with Crippen LogP contribution >= 0.6 is 0 Å². The van der Waals surface area contributed by atoms with Gasteiger partial charge < -0.3 is 4.74 Å². The number of carbonyl (C=O) groups excluding carboxylic acids is 1. The number of hydrogen-bond acceptors (Lipinski definition) is 2. The first-order valence-corrected chi connectivity index (χ1v) is 8.58. The molecule has 0 heterocycles. The molecule has 0 aromatic heterocycles. The fourth-order valence-corrected chi connectivity index (χ4v) is 3.02. The Kier molecular flexibility index (Phi) is 4.99. The van der Waals surface area contributed by atoms with E-state index in [1.807, 2.05) is 12.1 Å². The third-order valence-electron chi connectivity index (χ3n) is 5.33. The minimum atomic E-state index is -0.304. The van der Waals surface area contributed by atoms with Crippen molar-refractivity contribution in [1.82, 2.24) is 0 Å². The lowest BCUT2D eigenvalue weighted by Crippen LogP contribution is -2.38. The zero-order valence-electron chi connectivity index (χ0n) is 14.7. The highest BCUT2D eigenvalue weighted by molar-refractivity contribution is 5.89. The highest BCUT2D eigenvalue weighted by Gasteiger charge is 2.37. The summed E-state index contributed by atoms with van der Waals surface area (Å²) in [4.78, 5) is 12.4. The van der Waals surface area contributed by atoms with E-state index in [9.17, 15) is 4.79 Å². The Labute approximate surface area is 135 Å². The van der Waals surface area contributed by atoms with Crippen LogP contribution in [0.2, 0.25) is 0 Å². The van der Waals surface area contributed by atoms with Crippen LogP contribution < -0.4 is 0 Å². The SMILES string of the molecule is CCC(C)c1ccc(C(=O)OC2(C)CCC(C)(C)CC2)cc1. The van der Waals surface area contributed by atoms with Gasteiger partial charge in [0.15, 0.2) is 0 Å². The van der Waals surface area contributed by atoms with Crippen molar-refractivity contribution in [2.24, 2.45) is 5.41 Å². The summed E-state index contributed by atoms with van der Waals surface area (Å²) in [5.74, 6) is 0.348. The second kappa shape index (κ2) is 6.44. The number of hydrogen-bond donors (Lipinski definition) is 0. The number of ether oxygens (including phenoxy) is 1. The van der Waals surface area contributed by atoms with Gasteiger partial charge in [-0.05, 0) is 68.1 Å². The summed E-state index contributed by atoms with van der Waals surface area (Å²) >= 11 is 0. The summed E-state index contributed by atoms with van der Waals surface area (Å²) in [5, 5.41) is 0. The molecule has 122 valence electrons. The van der Waals surface area contributed by atoms with E-state index in [0.717, 1.165) is 32.1 Å². The average Bonchev–Trinajstić information content (AvgIpc) is 2.50. The Bertz CT molecular complexity index is 503. The molecular formula is C20H30O2. The number of rotatable bonds is 4. The second-order valence-corrected chi connectivity index (χ2v) is 7.93. The maximum absolute atomic E-state index is 12.4. The molecule has 0 radical (unpaired) electrons. The van der Waals surface area contributed by atoms with Crippen LogP contribution in [-0.2, 0) is 4.74 Å². The van der Waals surface area contributed by atoms with Crippen molar-refractivity contribution in [2.75, 3.05) is 0 Å². The van der Waals surface area contributed by atoms with Crippen molar-refractivity contribution in [2.45, 2.75) is 78.2 Å². The van der Waals surface area contributed by atoms with Crippen LogP contribution in [0, 0.1) is 5.41 Å². The summed E-state index contributed by atoms with van der Waals surface area (Å²) in [6.07, 6.45) is 5.25. The summed E-state index contributed by atoms with van der Waals surface area (Å²) in [7, 11) is 0. The minimum absolute atomic E-state index is 0.182. The highest BCUT2D eigenvalue weighted by Crippen LogP contribution is 2.42. The largest absolute Gasteiger partial charge is 0.456 e. The lowest BCUT2D eigenvalue weighted by Gasteiger charge is -2.40. The lowest BCUT2D eigenvalue weighted by atomic mass is 9.71. The summed E-state index contributed by atoms with van der Waals surface area (Å²) in [6.45, 7) is 11.0. The van der Waals surface area contributed by atoms with E-state index in [1.165, 1.54) is 5.56 Å². The molecule has 0 N–H and O–H groups in total. The normalized spacial score (nSPS) is 21.1. The predicted molar refractivity (Wildman–Crippen MR) is 91.2 cm³/mol. The van der Waals surface area contributed by atoms with E-state index >= 15 is 0 Å². The van der Waals surface area contributed by atoms with Crippen LogP contribution in [0.1, 0.15) is 88.6 Å². The predicted octanol–water partition coefficient (Wildman–Crippen LogP) is 5.72. The van der Waals surface area contributed by atoms with E-state index in [0.29, 0.717) is 16.9 Å². The molecule has 1 aliphatic rings. The van der Waals surface area contributed by atoms with Crippen LogP contribution in [0.4, 0.5) is 0 Å². The van der Waals surface area contributed by atoms with E-state index in [-0.39, 0.29) is 11.6 Å². The van der Waals surface area contributed by atoms with E-state index in [4.69, 9.17) is 4.74 Å². The molecule has 0 saturated heterocycles. The average molecular weight is 302 g/mol. The van der Waals surface area contributed by atoms with Crippen LogP contribution in [0.3, 0.4) is 0 Å². The fraction of sp³-hybridized carbons (Fsp3) is 0.650. The maximum atomic E-state index is 12.4. The highest BCUT2D eigenvalue weighted by atomic mass is 16.6. The topological polar surface area (TPSA) is 26.3 Å². The number of benzene rings is 1. The van der Waals surface area contributed by atoms with Crippen molar-refractivity contribution in [1.29, 1.82) is 0 Å². The van der Waals surface area contributed by atoms with Gasteiger partial charge in [0.05, 0.1) is 5.56 Å². The second-order valence-electron chi connectivity index (χ2n) is 7.93. The molecule has 22 heavy (non-hydrogen) atoms. The van der Waals surface area contributed by atoms with Gasteiger partial charge in [0.2, 0.25) is 0 Å². The van der Waals surface area contributed by atoms with Gasteiger partial charge in [-0.25, -0.2) is 4.79 Å². The zero-order chi connectivity index (χ0) is 16.4. The Morgan fingerprint density at radius 3 is 2.14 bits per heavy atom. The molecule has 2 heteroatoms. The standard InChI is InChI=1S/C20H30O2/c1-6-15(2)16-7-9-17(10-8-16)18(21)22-20(5)13-11-19(3,4)12-14-20/h7-10,15H,6,11-14H2,1-5H3. The Morgan fingerprint density at radius 1 is 1.09 bits per heavy atom. The smallest absolute Gasteiger partial charge is 0.338 e. The third-order valence-corrected chi connectivity index (χ3v) is 5.33. The Balaban J connectivity index is 2.00. The molecule has 2 nitrogen and oxygen atoms in total. The van der Waals surface area contributed by atoms with Gasteiger partial charge in [0, 0.05) is 0 Å². The molecule has 1 saturated carbocycles. The summed E-state index contributed by atoms with van der Waals surface area (Å²) in [6, 6.07) is 7.91. The first-order chi connectivity index (χ1) is 10.2. The molecule has 1 aliphatic carbocycles.